The number of nitrogens with one attached hydrogen (secondary N) is 2. The van der Waals surface area contributed by atoms with Gasteiger partial charge in [-0.1, -0.05) is 50.1 Å². The molecule has 8 nitrogen and oxygen atoms in total. The molecule has 150 valence electrons. The van der Waals surface area contributed by atoms with Gasteiger partial charge in [0.2, 0.25) is 11.1 Å². The molecule has 0 spiro atoms. The quantitative estimate of drug-likeness (QED) is 0.659. The summed E-state index contributed by atoms with van der Waals surface area (Å²) in [4.78, 5) is 23.9. The maximum absolute atomic E-state index is 12.0. The lowest BCUT2D eigenvalue weighted by molar-refractivity contribution is -0.117. The zero-order chi connectivity index (χ0) is 19.8. The van der Waals surface area contributed by atoms with Gasteiger partial charge >= 0.3 is 6.03 Å². The molecule has 0 radical (unpaired) electrons. The molecule has 1 aliphatic rings. The van der Waals surface area contributed by atoms with E-state index in [1.165, 1.54) is 17.3 Å². The monoisotopic (exact) mass is 402 g/mol. The molecular weight excluding hydrogens is 376 g/mol. The van der Waals surface area contributed by atoms with Crippen molar-refractivity contribution in [2.24, 2.45) is 0 Å². The number of hydrogen-bond acceptors (Lipinski definition) is 6. The first-order valence-corrected chi connectivity index (χ1v) is 10.7. The van der Waals surface area contributed by atoms with Crippen molar-refractivity contribution in [1.29, 1.82) is 0 Å². The van der Waals surface area contributed by atoms with Crippen molar-refractivity contribution in [1.82, 2.24) is 30.8 Å². The van der Waals surface area contributed by atoms with Crippen LogP contribution >= 0.6 is 11.8 Å². The zero-order valence-corrected chi connectivity index (χ0v) is 16.9. The van der Waals surface area contributed by atoms with Crippen LogP contribution < -0.4 is 10.6 Å². The Labute approximate surface area is 168 Å². The van der Waals surface area contributed by atoms with Crippen LogP contribution in [0.4, 0.5) is 4.79 Å². The summed E-state index contributed by atoms with van der Waals surface area (Å²) in [6.07, 6.45) is 7.57. The van der Waals surface area contributed by atoms with E-state index < -0.39 is 6.03 Å². The summed E-state index contributed by atoms with van der Waals surface area (Å²) in [7, 11) is 0. The Bertz CT molecular complexity index is 786. The normalized spacial score (nSPS) is 14.2. The molecule has 0 saturated heterocycles. The Morgan fingerprint density at radius 1 is 1.21 bits per heavy atom. The fourth-order valence-electron chi connectivity index (χ4n) is 3.20. The van der Waals surface area contributed by atoms with Crippen LogP contribution in [0.15, 0.2) is 29.4 Å². The average molecular weight is 403 g/mol. The molecule has 1 aromatic heterocycles. The Hall–Kier alpha value is -2.42. The van der Waals surface area contributed by atoms with Gasteiger partial charge in [0.1, 0.15) is 0 Å². The maximum Gasteiger partial charge on any atom is 0.321 e. The highest BCUT2D eigenvalue weighted by molar-refractivity contribution is 7.99. The molecule has 0 atom stereocenters. The highest BCUT2D eigenvalue weighted by Gasteiger charge is 2.19. The summed E-state index contributed by atoms with van der Waals surface area (Å²) >= 11 is 1.19. The van der Waals surface area contributed by atoms with Crippen LogP contribution in [-0.2, 0) is 11.2 Å². The number of aryl methyl sites for hydroxylation is 1. The fraction of sp³-hybridized carbons (Fsp3) is 0.526. The molecule has 1 saturated carbocycles. The van der Waals surface area contributed by atoms with E-state index in [9.17, 15) is 9.59 Å². The van der Waals surface area contributed by atoms with Crippen molar-refractivity contribution in [2.75, 3.05) is 5.75 Å². The second-order valence-electron chi connectivity index (χ2n) is 6.93. The number of aromatic nitrogens is 4. The van der Waals surface area contributed by atoms with Gasteiger partial charge in [0, 0.05) is 6.04 Å². The Balaban J connectivity index is 1.50. The first kappa shape index (κ1) is 20.3. The van der Waals surface area contributed by atoms with Gasteiger partial charge in [-0.25, -0.2) is 4.79 Å². The van der Waals surface area contributed by atoms with Gasteiger partial charge in [0.05, 0.1) is 11.4 Å². The number of benzene rings is 1. The van der Waals surface area contributed by atoms with Gasteiger partial charge < -0.3 is 5.32 Å². The molecule has 1 heterocycles. The van der Waals surface area contributed by atoms with E-state index in [1.54, 1.807) is 4.68 Å². The van der Waals surface area contributed by atoms with Gasteiger partial charge in [0.25, 0.3) is 0 Å². The molecular formula is C19H26N6O2S. The number of thioether (sulfide) groups is 1. The maximum atomic E-state index is 12.0. The molecule has 2 N–H and O–H groups in total. The van der Waals surface area contributed by atoms with Gasteiger partial charge in [-0.15, -0.1) is 5.10 Å². The second-order valence-corrected chi connectivity index (χ2v) is 7.88. The zero-order valence-electron chi connectivity index (χ0n) is 16.1. The van der Waals surface area contributed by atoms with Crippen LogP contribution in [0.3, 0.4) is 0 Å². The van der Waals surface area contributed by atoms with Crippen LogP contribution in [0, 0.1) is 0 Å². The van der Waals surface area contributed by atoms with E-state index in [0.717, 1.165) is 50.6 Å². The van der Waals surface area contributed by atoms with Crippen LogP contribution in [0.1, 0.15) is 51.0 Å². The molecule has 9 heteroatoms. The van der Waals surface area contributed by atoms with Crippen molar-refractivity contribution in [3.63, 3.8) is 0 Å². The van der Waals surface area contributed by atoms with Gasteiger partial charge in [-0.05, 0) is 53.8 Å². The summed E-state index contributed by atoms with van der Waals surface area (Å²) in [6.45, 7) is 2.17. The van der Waals surface area contributed by atoms with Crippen molar-refractivity contribution >= 4 is 23.7 Å². The first-order chi connectivity index (χ1) is 13.7. The number of rotatable bonds is 8. The SMILES string of the molecule is CCCCc1ccc(-n2nnnc2SCC(=O)NC(=O)NC2CCCC2)cc1. The smallest absolute Gasteiger partial charge is 0.321 e. The molecule has 3 rings (SSSR count). The molecule has 3 amide bonds. The number of unbranched alkanes of at least 4 members (excludes halogenated alkanes) is 1. The predicted octanol–water partition coefficient (Wildman–Crippen LogP) is 2.87. The van der Waals surface area contributed by atoms with Crippen molar-refractivity contribution < 1.29 is 9.59 Å². The van der Waals surface area contributed by atoms with Gasteiger partial charge in [-0.3, -0.25) is 10.1 Å². The Morgan fingerprint density at radius 2 is 1.96 bits per heavy atom. The fourth-order valence-corrected chi connectivity index (χ4v) is 3.89. The van der Waals surface area contributed by atoms with Crippen molar-refractivity contribution in [3.8, 4) is 5.69 Å². The number of tetrazole rings is 1. The molecule has 1 aromatic carbocycles. The molecule has 0 aliphatic heterocycles. The van der Waals surface area contributed by atoms with E-state index >= 15 is 0 Å². The topological polar surface area (TPSA) is 102 Å². The molecule has 0 bridgehead atoms. The average Bonchev–Trinajstić information content (AvgIpc) is 3.37. The van der Waals surface area contributed by atoms with Crippen molar-refractivity contribution in [3.05, 3.63) is 29.8 Å². The summed E-state index contributed by atoms with van der Waals surface area (Å²) in [5.41, 5.74) is 2.12. The number of imide groups is 1. The first-order valence-electron chi connectivity index (χ1n) is 9.76. The number of carbonyl (C=O) groups is 2. The standard InChI is InChI=1S/C19H26N6O2S/c1-2-3-6-14-9-11-16(12-10-14)25-19(22-23-24-25)28-13-17(26)21-18(27)20-15-7-4-5-8-15/h9-12,15H,2-8,13H2,1H3,(H2,20,21,26,27). The lowest BCUT2D eigenvalue weighted by Gasteiger charge is -2.12. The number of hydrogen-bond donors (Lipinski definition) is 2. The minimum Gasteiger partial charge on any atom is -0.335 e. The lowest BCUT2D eigenvalue weighted by Crippen LogP contribution is -2.44. The van der Waals surface area contributed by atoms with Gasteiger partial charge in [-0.2, -0.15) is 4.68 Å². The molecule has 28 heavy (non-hydrogen) atoms. The second kappa shape index (κ2) is 10.2. The Morgan fingerprint density at radius 3 is 2.68 bits per heavy atom. The number of nitrogens with zero attached hydrogens (tertiary/aromatic N) is 4. The van der Waals surface area contributed by atoms with E-state index in [0.29, 0.717) is 5.16 Å². The van der Waals surface area contributed by atoms with Gasteiger partial charge in [0.15, 0.2) is 0 Å². The third-order valence-corrected chi connectivity index (χ3v) is 5.64. The molecule has 2 aromatic rings. The van der Waals surface area contributed by atoms with Crippen LogP contribution in [0.5, 0.6) is 0 Å². The van der Waals surface area contributed by atoms with Crippen LogP contribution in [0.25, 0.3) is 5.69 Å². The van der Waals surface area contributed by atoms with Crippen molar-refractivity contribution in [2.45, 2.75) is 63.1 Å². The van der Waals surface area contributed by atoms with Crippen LogP contribution in [0.2, 0.25) is 0 Å². The number of carbonyl (C=O) groups excluding carboxylic acids is 2. The Kier molecular flexibility index (Phi) is 7.41. The molecule has 1 aliphatic carbocycles. The molecule has 0 unspecified atom stereocenters. The number of urea groups is 1. The highest BCUT2D eigenvalue weighted by atomic mass is 32.2. The van der Waals surface area contributed by atoms with E-state index in [4.69, 9.17) is 0 Å². The largest absolute Gasteiger partial charge is 0.335 e. The highest BCUT2D eigenvalue weighted by Crippen LogP contribution is 2.19. The predicted molar refractivity (Wildman–Crippen MR) is 107 cm³/mol. The summed E-state index contributed by atoms with van der Waals surface area (Å²) in [6, 6.07) is 7.83. The third kappa shape index (κ3) is 5.79. The van der Waals surface area contributed by atoms with E-state index in [-0.39, 0.29) is 17.7 Å². The van der Waals surface area contributed by atoms with Crippen LogP contribution in [-0.4, -0.2) is 43.9 Å². The number of amides is 3. The third-order valence-electron chi connectivity index (χ3n) is 4.72. The van der Waals surface area contributed by atoms with E-state index in [1.807, 2.05) is 12.1 Å². The summed E-state index contributed by atoms with van der Waals surface area (Å²) in [5.74, 6) is -0.308. The molecule has 1 fully saturated rings. The minimum absolute atomic E-state index is 0.0625. The summed E-state index contributed by atoms with van der Waals surface area (Å²) < 4.78 is 1.60. The lowest BCUT2D eigenvalue weighted by atomic mass is 10.1. The van der Waals surface area contributed by atoms with E-state index in [2.05, 4.69) is 45.2 Å². The summed E-state index contributed by atoms with van der Waals surface area (Å²) in [5, 5.41) is 17.4. The minimum atomic E-state index is -0.431.